The number of aryl methyl sites for hydroxylation is 1. The first-order valence-corrected chi connectivity index (χ1v) is 14.7. The smallest absolute Gasteiger partial charge is 0.325 e. The maximum Gasteiger partial charge on any atom is 0.325 e. The minimum atomic E-state index is -0.300. The molecule has 1 aliphatic rings. The van der Waals surface area contributed by atoms with Gasteiger partial charge in [-0.25, -0.2) is 0 Å². The number of benzene rings is 3. The lowest BCUT2D eigenvalue weighted by Crippen LogP contribution is -2.57. The molecule has 1 saturated heterocycles. The van der Waals surface area contributed by atoms with Crippen LogP contribution in [0.4, 0.5) is 5.69 Å². The van der Waals surface area contributed by atoms with E-state index in [-0.39, 0.29) is 31.0 Å². The van der Waals surface area contributed by atoms with E-state index in [2.05, 4.69) is 5.32 Å². The molecule has 0 bridgehead atoms. The molecule has 3 aromatic carbocycles. The summed E-state index contributed by atoms with van der Waals surface area (Å²) in [6, 6.07) is 23.0. The van der Waals surface area contributed by atoms with E-state index >= 15 is 0 Å². The lowest BCUT2D eigenvalue weighted by atomic mass is 10.1. The molecule has 1 amide bonds. The molecule has 1 atom stereocenters. The number of hydrogen-bond donors (Lipinski definition) is 1. The number of anilines is 1. The average Bonchev–Trinajstić information content (AvgIpc) is 3.35. The van der Waals surface area contributed by atoms with Crippen molar-refractivity contribution in [1.82, 2.24) is 9.88 Å². The molecule has 44 heavy (non-hydrogen) atoms. The van der Waals surface area contributed by atoms with E-state index in [9.17, 15) is 9.59 Å². The van der Waals surface area contributed by atoms with E-state index in [0.717, 1.165) is 45.8 Å². The number of carbonyl (C=O) groups is 2. The standard InChI is InChI=1S/C34H39N3O7/c1-24-17-26-18-30(13-14-31(26)36(24)21-34(39)41-3)44-23-28-19-35-20-33(38)37(28)27-9-11-29(12-10-27)43-16-6-15-42-22-25-7-4-5-8-32(25)40-2/h4-5,7-14,17-18,28,35H,6,15-16,19-23H2,1-3H3/t28-/m1/s1. The number of nitrogens with zero attached hydrogens (tertiary/aromatic N) is 2. The van der Waals surface area contributed by atoms with Crippen LogP contribution in [0.5, 0.6) is 17.2 Å². The van der Waals surface area contributed by atoms with Crippen LogP contribution < -0.4 is 24.4 Å². The Kier molecular flexibility index (Phi) is 10.4. The third kappa shape index (κ3) is 7.50. The fourth-order valence-corrected chi connectivity index (χ4v) is 5.35. The number of ether oxygens (including phenoxy) is 5. The van der Waals surface area contributed by atoms with Crippen LogP contribution in [0.25, 0.3) is 10.9 Å². The van der Waals surface area contributed by atoms with Crippen molar-refractivity contribution in [2.75, 3.05) is 52.0 Å². The highest BCUT2D eigenvalue weighted by Crippen LogP contribution is 2.27. The van der Waals surface area contributed by atoms with E-state index < -0.39 is 0 Å². The van der Waals surface area contributed by atoms with Gasteiger partial charge in [0.1, 0.15) is 30.4 Å². The maximum atomic E-state index is 13.0. The SMILES string of the molecule is COC(=O)Cn1c(C)cc2cc(OC[C@H]3CNCC(=O)N3c3ccc(OCCCOCc4ccccc4OC)cc3)ccc21. The van der Waals surface area contributed by atoms with E-state index in [0.29, 0.717) is 38.7 Å². The first-order chi connectivity index (χ1) is 21.5. The van der Waals surface area contributed by atoms with E-state index in [1.165, 1.54) is 7.11 Å². The van der Waals surface area contributed by atoms with Crippen LogP contribution in [0, 0.1) is 6.92 Å². The first kappa shape index (κ1) is 30.9. The van der Waals surface area contributed by atoms with Gasteiger partial charge in [0.2, 0.25) is 5.91 Å². The zero-order valence-electron chi connectivity index (χ0n) is 25.4. The molecule has 4 aromatic rings. The Morgan fingerprint density at radius 2 is 1.75 bits per heavy atom. The Labute approximate surface area is 257 Å². The van der Waals surface area contributed by atoms with Gasteiger partial charge in [0, 0.05) is 40.8 Å². The summed E-state index contributed by atoms with van der Waals surface area (Å²) in [6.07, 6.45) is 0.744. The number of hydrogen-bond acceptors (Lipinski definition) is 8. The Hall–Kier alpha value is -4.54. The van der Waals surface area contributed by atoms with Crippen molar-refractivity contribution in [2.24, 2.45) is 0 Å². The lowest BCUT2D eigenvalue weighted by Gasteiger charge is -2.36. The molecule has 1 aromatic heterocycles. The molecule has 2 heterocycles. The highest BCUT2D eigenvalue weighted by molar-refractivity contribution is 5.96. The van der Waals surface area contributed by atoms with Crippen LogP contribution in [-0.2, 0) is 32.2 Å². The Bertz CT molecular complexity index is 1570. The second-order valence-corrected chi connectivity index (χ2v) is 10.6. The summed E-state index contributed by atoms with van der Waals surface area (Å²) < 4.78 is 30.0. The van der Waals surface area contributed by atoms with Gasteiger partial charge in [-0.2, -0.15) is 0 Å². The molecule has 0 unspecified atom stereocenters. The number of aromatic nitrogens is 1. The van der Waals surface area contributed by atoms with Gasteiger partial charge < -0.3 is 38.5 Å². The van der Waals surface area contributed by atoms with Crippen LogP contribution in [0.15, 0.2) is 72.8 Å². The number of carbonyl (C=O) groups excluding carboxylic acids is 2. The van der Waals surface area contributed by atoms with Crippen molar-refractivity contribution in [1.29, 1.82) is 0 Å². The topological polar surface area (TPSA) is 100 Å². The molecule has 0 aliphatic carbocycles. The minimum absolute atomic E-state index is 0.0170. The normalized spacial score (nSPS) is 14.9. The van der Waals surface area contributed by atoms with Crippen molar-refractivity contribution in [3.8, 4) is 17.2 Å². The molecule has 0 spiro atoms. The summed E-state index contributed by atoms with van der Waals surface area (Å²) in [5.41, 5.74) is 3.70. The molecular formula is C34H39N3O7. The van der Waals surface area contributed by atoms with E-state index in [1.807, 2.05) is 84.3 Å². The predicted molar refractivity (Wildman–Crippen MR) is 168 cm³/mol. The van der Waals surface area contributed by atoms with Crippen LogP contribution in [0.3, 0.4) is 0 Å². The van der Waals surface area contributed by atoms with Gasteiger partial charge in [-0.05, 0) is 61.5 Å². The molecule has 10 heteroatoms. The molecular weight excluding hydrogens is 562 g/mol. The zero-order valence-corrected chi connectivity index (χ0v) is 25.4. The third-order valence-corrected chi connectivity index (χ3v) is 7.59. The molecule has 10 nitrogen and oxygen atoms in total. The van der Waals surface area contributed by atoms with Gasteiger partial charge in [-0.3, -0.25) is 9.59 Å². The number of rotatable bonds is 14. The number of piperazine rings is 1. The monoisotopic (exact) mass is 601 g/mol. The third-order valence-electron chi connectivity index (χ3n) is 7.59. The van der Waals surface area contributed by atoms with Crippen molar-refractivity contribution >= 4 is 28.5 Å². The molecule has 0 saturated carbocycles. The number of methoxy groups -OCH3 is 2. The van der Waals surface area contributed by atoms with Gasteiger partial charge in [0.05, 0.1) is 46.6 Å². The fourth-order valence-electron chi connectivity index (χ4n) is 5.35. The second-order valence-electron chi connectivity index (χ2n) is 10.6. The summed E-state index contributed by atoms with van der Waals surface area (Å²) in [6.45, 7) is 4.87. The highest BCUT2D eigenvalue weighted by Gasteiger charge is 2.30. The first-order valence-electron chi connectivity index (χ1n) is 14.7. The van der Waals surface area contributed by atoms with Gasteiger partial charge in [0.25, 0.3) is 0 Å². The summed E-state index contributed by atoms with van der Waals surface area (Å²) in [5.74, 6) is 1.93. The van der Waals surface area contributed by atoms with Crippen LogP contribution in [-0.4, -0.2) is 69.6 Å². The van der Waals surface area contributed by atoms with Gasteiger partial charge in [0.15, 0.2) is 0 Å². The minimum Gasteiger partial charge on any atom is -0.496 e. The number of nitrogens with one attached hydrogen (secondary N) is 1. The summed E-state index contributed by atoms with van der Waals surface area (Å²) in [4.78, 5) is 26.6. The number of amides is 1. The summed E-state index contributed by atoms with van der Waals surface area (Å²) >= 11 is 0. The van der Waals surface area contributed by atoms with Crippen molar-refractivity contribution in [3.63, 3.8) is 0 Å². The van der Waals surface area contributed by atoms with Gasteiger partial charge >= 0.3 is 5.97 Å². The van der Waals surface area contributed by atoms with Crippen LogP contribution in [0.1, 0.15) is 17.7 Å². The number of fused-ring (bicyclic) bond motifs is 1. The van der Waals surface area contributed by atoms with E-state index in [4.69, 9.17) is 23.7 Å². The highest BCUT2D eigenvalue weighted by atomic mass is 16.5. The molecule has 1 fully saturated rings. The molecule has 5 rings (SSSR count). The summed E-state index contributed by atoms with van der Waals surface area (Å²) in [7, 11) is 3.04. The summed E-state index contributed by atoms with van der Waals surface area (Å²) in [5, 5.41) is 4.17. The quantitative estimate of drug-likeness (QED) is 0.167. The molecule has 1 N–H and O–H groups in total. The van der Waals surface area contributed by atoms with Gasteiger partial charge in [-0.15, -0.1) is 0 Å². The Morgan fingerprint density at radius 3 is 2.55 bits per heavy atom. The fraction of sp³-hybridized carbons (Fsp3) is 0.353. The Morgan fingerprint density at radius 1 is 0.955 bits per heavy atom. The molecule has 232 valence electrons. The largest absolute Gasteiger partial charge is 0.496 e. The van der Waals surface area contributed by atoms with Crippen molar-refractivity contribution in [2.45, 2.75) is 32.5 Å². The number of para-hydroxylation sites is 1. The lowest BCUT2D eigenvalue weighted by molar-refractivity contribution is -0.141. The molecule has 1 aliphatic heterocycles. The molecule has 0 radical (unpaired) electrons. The van der Waals surface area contributed by atoms with Crippen LogP contribution >= 0.6 is 0 Å². The Balaban J connectivity index is 1.13. The predicted octanol–water partition coefficient (Wildman–Crippen LogP) is 4.50. The zero-order chi connectivity index (χ0) is 30.9. The van der Waals surface area contributed by atoms with Crippen molar-refractivity contribution in [3.05, 3.63) is 84.1 Å². The van der Waals surface area contributed by atoms with Crippen molar-refractivity contribution < 1.29 is 33.3 Å². The van der Waals surface area contributed by atoms with E-state index in [1.54, 1.807) is 12.0 Å². The van der Waals surface area contributed by atoms with Crippen LogP contribution in [0.2, 0.25) is 0 Å². The second kappa shape index (κ2) is 14.8. The maximum absolute atomic E-state index is 13.0. The number of esters is 1. The van der Waals surface area contributed by atoms with Gasteiger partial charge in [-0.1, -0.05) is 18.2 Å². The average molecular weight is 602 g/mol.